The number of ketones is 1. The number of hydrogen-bond donors (Lipinski definition) is 1. The van der Waals surface area contributed by atoms with Crippen molar-refractivity contribution in [2.75, 3.05) is 6.61 Å². The van der Waals surface area contributed by atoms with Gasteiger partial charge in [0.25, 0.3) is 6.02 Å². The van der Waals surface area contributed by atoms with E-state index in [1.807, 2.05) is 45.9 Å². The van der Waals surface area contributed by atoms with E-state index in [0.29, 0.717) is 25.9 Å². The molecule has 3 aliphatic heterocycles. The molecule has 29 heavy (non-hydrogen) atoms. The van der Waals surface area contributed by atoms with Gasteiger partial charge in [-0.05, 0) is 45.6 Å². The number of rotatable bonds is 1. The topological polar surface area (TPSA) is 92.4 Å². The summed E-state index contributed by atoms with van der Waals surface area (Å²) in [5, 5.41) is 0. The Morgan fingerprint density at radius 2 is 1.90 bits per heavy atom. The highest BCUT2D eigenvalue weighted by Crippen LogP contribution is 2.51. The van der Waals surface area contributed by atoms with Gasteiger partial charge in [0, 0.05) is 24.3 Å². The Balaban J connectivity index is 1.59. The van der Waals surface area contributed by atoms with Gasteiger partial charge in [-0.15, -0.1) is 0 Å². The molecule has 1 spiro atoms. The van der Waals surface area contributed by atoms with Crippen molar-refractivity contribution < 1.29 is 23.6 Å². The molecule has 8 heteroatoms. The van der Waals surface area contributed by atoms with Crippen LogP contribution in [-0.4, -0.2) is 42.8 Å². The normalized spacial score (nSPS) is 34.3. The van der Waals surface area contributed by atoms with Crippen LogP contribution < -0.4 is 15.9 Å². The van der Waals surface area contributed by atoms with Crippen molar-refractivity contribution in [3.05, 3.63) is 23.8 Å². The van der Waals surface area contributed by atoms with Crippen molar-refractivity contribution in [2.45, 2.75) is 69.8 Å². The minimum atomic E-state index is -0.710. The first kappa shape index (κ1) is 18.9. The van der Waals surface area contributed by atoms with Crippen LogP contribution in [0.5, 0.6) is 5.75 Å². The van der Waals surface area contributed by atoms with Crippen molar-refractivity contribution in [1.29, 1.82) is 0 Å². The molecule has 4 aliphatic rings. The number of hydrogen-bond acceptors (Lipinski definition) is 7. The van der Waals surface area contributed by atoms with Crippen molar-refractivity contribution in [2.24, 2.45) is 16.6 Å². The summed E-state index contributed by atoms with van der Waals surface area (Å²) in [5.74, 6) is 0.911. The third-order valence-corrected chi connectivity index (χ3v) is 7.24. The molecule has 1 saturated carbocycles. The van der Waals surface area contributed by atoms with E-state index in [1.54, 1.807) is 0 Å². The largest absolute Gasteiger partial charge is 0.494 e. The molecule has 0 aromatic heterocycles. The Hall–Kier alpha value is -2.06. The van der Waals surface area contributed by atoms with E-state index in [2.05, 4.69) is 0 Å². The first-order valence-corrected chi connectivity index (χ1v) is 10.3. The molecule has 1 saturated heterocycles. The molecule has 154 valence electrons. The zero-order chi connectivity index (χ0) is 20.6. The first-order chi connectivity index (χ1) is 13.6. The van der Waals surface area contributed by atoms with E-state index < -0.39 is 23.9 Å². The number of benzene rings is 1. The van der Waals surface area contributed by atoms with E-state index in [0.717, 1.165) is 16.8 Å². The summed E-state index contributed by atoms with van der Waals surface area (Å²) in [6.45, 7) is 8.44. The molecule has 3 heterocycles. The smallest absolute Gasteiger partial charge is 0.490 e. The second-order valence-electron chi connectivity index (χ2n) is 9.55. The molecule has 2 N–H and O–H groups in total. The predicted molar refractivity (Wildman–Crippen MR) is 108 cm³/mol. The predicted octanol–water partition coefficient (Wildman–Crippen LogP) is 1.66. The van der Waals surface area contributed by atoms with Gasteiger partial charge < -0.3 is 24.5 Å². The van der Waals surface area contributed by atoms with Gasteiger partial charge in [0.05, 0.1) is 11.2 Å². The lowest BCUT2D eigenvalue weighted by atomic mass is 9.66. The number of Topliss-reactive ketones (excluding diaryl/α,β-unsaturated/α-hetero) is 1. The Kier molecular flexibility index (Phi) is 3.91. The van der Waals surface area contributed by atoms with Crippen molar-refractivity contribution in [3.63, 3.8) is 0 Å². The quantitative estimate of drug-likeness (QED) is 0.724. The molecule has 1 aliphatic carbocycles. The molecule has 7 nitrogen and oxygen atoms in total. The number of fused-ring (bicyclic) bond motifs is 4. The standard InChI is InChI=1S/C21H27BN2O5/c1-19(2)20(3,4)29-22(28-19)12-5-7-16-14(9-12)21(11-26-18(23)24-21)15-10-13(25)6-8-17(15)27-16/h5,7,9,15,17H,6,8,10-11H2,1-4H3,(H2,23,24)/t15-,17-,21+/m1/s1. The fourth-order valence-corrected chi connectivity index (χ4v) is 4.85. The molecule has 3 atom stereocenters. The number of nitrogens with zero attached hydrogens (tertiary/aromatic N) is 1. The maximum absolute atomic E-state index is 12.3. The van der Waals surface area contributed by atoms with E-state index in [1.165, 1.54) is 0 Å². The number of amidine groups is 1. The molecular formula is C21H27BN2O5. The molecular weight excluding hydrogens is 371 g/mol. The van der Waals surface area contributed by atoms with Crippen LogP contribution in [0.15, 0.2) is 23.2 Å². The third-order valence-electron chi connectivity index (χ3n) is 7.24. The van der Waals surface area contributed by atoms with Crippen molar-refractivity contribution in [1.82, 2.24) is 0 Å². The van der Waals surface area contributed by atoms with Crippen LogP contribution in [0.3, 0.4) is 0 Å². The van der Waals surface area contributed by atoms with Gasteiger partial charge in [-0.1, -0.05) is 12.1 Å². The SMILES string of the molecule is CC1(C)OB(c2ccc3c(c2)[C@@]2(COC(N)=N2)[C@@H]2CC(=O)CC[C@H]2O3)OC1(C)C. The van der Waals surface area contributed by atoms with Gasteiger partial charge in [-0.25, -0.2) is 4.99 Å². The molecule has 2 fully saturated rings. The molecule has 0 radical (unpaired) electrons. The summed E-state index contributed by atoms with van der Waals surface area (Å²) in [6.07, 6.45) is 1.59. The van der Waals surface area contributed by atoms with Crippen LogP contribution in [0.2, 0.25) is 0 Å². The lowest BCUT2D eigenvalue weighted by Gasteiger charge is -2.45. The number of carbonyl (C=O) groups is 1. The van der Waals surface area contributed by atoms with Crippen LogP contribution in [0.4, 0.5) is 0 Å². The van der Waals surface area contributed by atoms with Crippen molar-refractivity contribution in [3.8, 4) is 5.75 Å². The van der Waals surface area contributed by atoms with Crippen LogP contribution in [-0.2, 0) is 24.4 Å². The Labute approximate surface area is 171 Å². The van der Waals surface area contributed by atoms with Gasteiger partial charge in [-0.3, -0.25) is 4.79 Å². The Bertz CT molecular complexity index is 898. The summed E-state index contributed by atoms with van der Waals surface area (Å²) >= 11 is 0. The van der Waals surface area contributed by atoms with Gasteiger partial charge in [0.1, 0.15) is 29.8 Å². The van der Waals surface area contributed by atoms with Gasteiger partial charge in [0.15, 0.2) is 0 Å². The van der Waals surface area contributed by atoms with Gasteiger partial charge in [-0.2, -0.15) is 0 Å². The highest BCUT2D eigenvalue weighted by molar-refractivity contribution is 6.62. The highest BCUT2D eigenvalue weighted by atomic mass is 16.7. The maximum Gasteiger partial charge on any atom is 0.494 e. The molecule has 1 aromatic rings. The van der Waals surface area contributed by atoms with Crippen molar-refractivity contribution >= 4 is 24.4 Å². The van der Waals surface area contributed by atoms with Crippen LogP contribution >= 0.6 is 0 Å². The number of carbonyl (C=O) groups excluding carboxylic acids is 1. The average Bonchev–Trinajstić information content (AvgIpc) is 3.13. The third kappa shape index (κ3) is 2.72. The second-order valence-corrected chi connectivity index (χ2v) is 9.55. The van der Waals surface area contributed by atoms with Gasteiger partial charge >= 0.3 is 7.12 Å². The van der Waals surface area contributed by atoms with Crippen LogP contribution in [0.1, 0.15) is 52.5 Å². The number of nitrogens with two attached hydrogens (primary N) is 1. The monoisotopic (exact) mass is 398 g/mol. The summed E-state index contributed by atoms with van der Waals surface area (Å²) in [5.41, 5.74) is 6.15. The highest BCUT2D eigenvalue weighted by Gasteiger charge is 2.57. The molecule has 0 amide bonds. The summed E-state index contributed by atoms with van der Waals surface area (Å²) in [7, 11) is -0.489. The molecule has 0 bridgehead atoms. The van der Waals surface area contributed by atoms with E-state index in [-0.39, 0.29) is 23.8 Å². The van der Waals surface area contributed by atoms with Crippen LogP contribution in [0, 0.1) is 5.92 Å². The van der Waals surface area contributed by atoms with E-state index >= 15 is 0 Å². The lowest BCUT2D eigenvalue weighted by Crippen LogP contribution is -2.51. The Morgan fingerprint density at radius 1 is 1.17 bits per heavy atom. The fraction of sp³-hybridized carbons (Fsp3) is 0.619. The van der Waals surface area contributed by atoms with E-state index in [9.17, 15) is 4.79 Å². The van der Waals surface area contributed by atoms with E-state index in [4.69, 9.17) is 29.5 Å². The summed E-state index contributed by atoms with van der Waals surface area (Å²) in [4.78, 5) is 17.0. The average molecular weight is 398 g/mol. The maximum atomic E-state index is 12.3. The van der Waals surface area contributed by atoms with Crippen LogP contribution in [0.25, 0.3) is 0 Å². The second kappa shape index (κ2) is 5.98. The molecule has 0 unspecified atom stereocenters. The minimum Gasteiger partial charge on any atom is -0.490 e. The first-order valence-electron chi connectivity index (χ1n) is 10.3. The lowest BCUT2D eigenvalue weighted by molar-refractivity contribution is -0.126. The molecule has 5 rings (SSSR count). The fourth-order valence-electron chi connectivity index (χ4n) is 4.85. The van der Waals surface area contributed by atoms with Gasteiger partial charge in [0.2, 0.25) is 0 Å². The Morgan fingerprint density at radius 3 is 2.55 bits per heavy atom. The zero-order valence-corrected chi connectivity index (χ0v) is 17.4. The zero-order valence-electron chi connectivity index (χ0n) is 17.4. The summed E-state index contributed by atoms with van der Waals surface area (Å²) in [6, 6.07) is 6.12. The number of aliphatic imine (C=N–C) groups is 1. The summed E-state index contributed by atoms with van der Waals surface area (Å²) < 4.78 is 24.4. The minimum absolute atomic E-state index is 0.0684. The number of ether oxygens (including phenoxy) is 2. The molecule has 1 aromatic carbocycles.